The van der Waals surface area contributed by atoms with Crippen LogP contribution in [0.25, 0.3) is 0 Å². The summed E-state index contributed by atoms with van der Waals surface area (Å²) in [6.45, 7) is 4.68. The van der Waals surface area contributed by atoms with Crippen molar-refractivity contribution in [2.45, 2.75) is 52.0 Å². The SMILES string of the molecule is CCC(CCCN1C(=O)CC(C)CC1=O)NC. The topological polar surface area (TPSA) is 49.4 Å². The van der Waals surface area contributed by atoms with Gasteiger partial charge in [0.2, 0.25) is 11.8 Å². The Labute approximate surface area is 104 Å². The Bertz CT molecular complexity index is 257. The molecule has 4 heteroatoms. The first kappa shape index (κ1) is 14.2. The summed E-state index contributed by atoms with van der Waals surface area (Å²) in [5.74, 6) is 0.226. The van der Waals surface area contributed by atoms with Gasteiger partial charge in [0.1, 0.15) is 0 Å². The summed E-state index contributed by atoms with van der Waals surface area (Å²) < 4.78 is 0. The first-order valence-corrected chi connectivity index (χ1v) is 6.58. The fourth-order valence-corrected chi connectivity index (χ4v) is 2.33. The van der Waals surface area contributed by atoms with Crippen LogP contribution in [0.15, 0.2) is 0 Å². The Balaban J connectivity index is 2.35. The van der Waals surface area contributed by atoms with Crippen LogP contribution < -0.4 is 5.32 Å². The molecule has 0 bridgehead atoms. The number of hydrogen-bond acceptors (Lipinski definition) is 3. The Morgan fingerprint density at radius 2 is 1.94 bits per heavy atom. The molecule has 2 amide bonds. The molecule has 4 nitrogen and oxygen atoms in total. The average Bonchev–Trinajstić information content (AvgIpc) is 2.27. The van der Waals surface area contributed by atoms with E-state index in [2.05, 4.69) is 12.2 Å². The monoisotopic (exact) mass is 240 g/mol. The van der Waals surface area contributed by atoms with Gasteiger partial charge in [-0.05, 0) is 32.2 Å². The number of amides is 2. The van der Waals surface area contributed by atoms with Crippen molar-refractivity contribution in [3.63, 3.8) is 0 Å². The van der Waals surface area contributed by atoms with Crippen molar-refractivity contribution in [2.75, 3.05) is 13.6 Å². The molecule has 1 heterocycles. The van der Waals surface area contributed by atoms with Gasteiger partial charge in [0.25, 0.3) is 0 Å². The number of piperidine rings is 1. The highest BCUT2D eigenvalue weighted by atomic mass is 16.2. The molecule has 0 spiro atoms. The van der Waals surface area contributed by atoms with Gasteiger partial charge in [0.05, 0.1) is 0 Å². The molecule has 0 saturated carbocycles. The molecule has 0 aromatic carbocycles. The molecular formula is C13H24N2O2. The molecule has 1 saturated heterocycles. The number of imide groups is 1. The van der Waals surface area contributed by atoms with E-state index in [4.69, 9.17) is 0 Å². The number of hydrogen-bond donors (Lipinski definition) is 1. The van der Waals surface area contributed by atoms with Crippen molar-refractivity contribution in [1.29, 1.82) is 0 Å². The number of rotatable bonds is 6. The molecule has 17 heavy (non-hydrogen) atoms. The van der Waals surface area contributed by atoms with Gasteiger partial charge in [0.15, 0.2) is 0 Å². The smallest absolute Gasteiger partial charge is 0.229 e. The molecule has 1 fully saturated rings. The first-order chi connectivity index (χ1) is 8.08. The minimum Gasteiger partial charge on any atom is -0.317 e. The molecule has 1 unspecified atom stereocenters. The van der Waals surface area contributed by atoms with E-state index in [0.29, 0.717) is 25.4 Å². The van der Waals surface area contributed by atoms with E-state index in [1.807, 2.05) is 14.0 Å². The van der Waals surface area contributed by atoms with Crippen LogP contribution in [-0.2, 0) is 9.59 Å². The highest BCUT2D eigenvalue weighted by Gasteiger charge is 2.29. The van der Waals surface area contributed by atoms with Crippen molar-refractivity contribution in [3.05, 3.63) is 0 Å². The van der Waals surface area contributed by atoms with Crippen LogP contribution in [0, 0.1) is 5.92 Å². The van der Waals surface area contributed by atoms with Gasteiger partial charge in [-0.25, -0.2) is 0 Å². The number of carbonyl (C=O) groups is 2. The predicted molar refractivity (Wildman–Crippen MR) is 67.5 cm³/mol. The van der Waals surface area contributed by atoms with Gasteiger partial charge < -0.3 is 5.32 Å². The van der Waals surface area contributed by atoms with E-state index in [0.717, 1.165) is 19.3 Å². The lowest BCUT2D eigenvalue weighted by Gasteiger charge is -2.28. The van der Waals surface area contributed by atoms with Gasteiger partial charge in [-0.1, -0.05) is 13.8 Å². The second-order valence-electron chi connectivity index (χ2n) is 4.99. The van der Waals surface area contributed by atoms with Crippen LogP contribution in [0.1, 0.15) is 46.0 Å². The summed E-state index contributed by atoms with van der Waals surface area (Å²) in [6, 6.07) is 0.490. The highest BCUT2D eigenvalue weighted by Crippen LogP contribution is 2.19. The molecule has 1 aliphatic rings. The Morgan fingerprint density at radius 1 is 1.35 bits per heavy atom. The molecule has 0 aromatic rings. The molecule has 1 aliphatic heterocycles. The molecule has 0 aromatic heterocycles. The summed E-state index contributed by atoms with van der Waals surface area (Å²) in [5.41, 5.74) is 0. The average molecular weight is 240 g/mol. The Morgan fingerprint density at radius 3 is 2.41 bits per heavy atom. The second kappa shape index (κ2) is 6.74. The molecule has 1 rings (SSSR count). The Kier molecular flexibility index (Phi) is 5.62. The van der Waals surface area contributed by atoms with Crippen molar-refractivity contribution in [1.82, 2.24) is 10.2 Å². The van der Waals surface area contributed by atoms with Gasteiger partial charge in [-0.15, -0.1) is 0 Å². The standard InChI is InChI=1S/C13H24N2O2/c1-4-11(14-3)6-5-7-15-12(16)8-10(2)9-13(15)17/h10-11,14H,4-9H2,1-3H3. The third kappa shape index (κ3) is 4.11. The summed E-state index contributed by atoms with van der Waals surface area (Å²) in [5, 5.41) is 3.23. The van der Waals surface area contributed by atoms with E-state index in [1.54, 1.807) is 0 Å². The molecule has 98 valence electrons. The fraction of sp³-hybridized carbons (Fsp3) is 0.846. The predicted octanol–water partition coefficient (Wildman–Crippen LogP) is 1.55. The third-order valence-electron chi connectivity index (χ3n) is 3.48. The van der Waals surface area contributed by atoms with Gasteiger partial charge in [0, 0.05) is 25.4 Å². The largest absolute Gasteiger partial charge is 0.317 e. The van der Waals surface area contributed by atoms with Crippen LogP contribution in [0.2, 0.25) is 0 Å². The molecule has 0 aliphatic carbocycles. The fourth-order valence-electron chi connectivity index (χ4n) is 2.33. The second-order valence-corrected chi connectivity index (χ2v) is 4.99. The maximum atomic E-state index is 11.7. The van der Waals surface area contributed by atoms with Gasteiger partial charge in [-0.2, -0.15) is 0 Å². The van der Waals surface area contributed by atoms with E-state index in [9.17, 15) is 9.59 Å². The number of nitrogens with zero attached hydrogens (tertiary/aromatic N) is 1. The normalized spacial score (nSPS) is 19.8. The maximum Gasteiger partial charge on any atom is 0.229 e. The quantitative estimate of drug-likeness (QED) is 0.717. The van der Waals surface area contributed by atoms with Crippen molar-refractivity contribution in [3.8, 4) is 0 Å². The van der Waals surface area contributed by atoms with E-state index >= 15 is 0 Å². The number of carbonyl (C=O) groups excluding carboxylic acids is 2. The molecule has 0 radical (unpaired) electrons. The number of nitrogens with one attached hydrogen (secondary N) is 1. The van der Waals surface area contributed by atoms with E-state index < -0.39 is 0 Å². The van der Waals surface area contributed by atoms with Crippen LogP contribution in [0.5, 0.6) is 0 Å². The zero-order chi connectivity index (χ0) is 12.8. The zero-order valence-corrected chi connectivity index (χ0v) is 11.2. The zero-order valence-electron chi connectivity index (χ0n) is 11.2. The number of likely N-dealkylation sites (tertiary alicyclic amines) is 1. The third-order valence-corrected chi connectivity index (χ3v) is 3.48. The summed E-state index contributed by atoms with van der Waals surface area (Å²) in [4.78, 5) is 24.9. The van der Waals surface area contributed by atoms with Crippen LogP contribution in [0.4, 0.5) is 0 Å². The lowest BCUT2D eigenvalue weighted by atomic mass is 9.97. The van der Waals surface area contributed by atoms with Crippen molar-refractivity contribution in [2.24, 2.45) is 5.92 Å². The van der Waals surface area contributed by atoms with Crippen LogP contribution >= 0.6 is 0 Å². The molecule has 1 N–H and O–H groups in total. The first-order valence-electron chi connectivity index (χ1n) is 6.58. The lowest BCUT2D eigenvalue weighted by Crippen LogP contribution is -2.43. The summed E-state index contributed by atoms with van der Waals surface area (Å²) in [7, 11) is 1.95. The van der Waals surface area contributed by atoms with Gasteiger partial charge >= 0.3 is 0 Å². The summed E-state index contributed by atoms with van der Waals surface area (Å²) >= 11 is 0. The highest BCUT2D eigenvalue weighted by molar-refractivity contribution is 5.97. The minimum absolute atomic E-state index is 0.00579. The molecular weight excluding hydrogens is 216 g/mol. The Hall–Kier alpha value is -0.900. The minimum atomic E-state index is 0.00579. The van der Waals surface area contributed by atoms with Crippen molar-refractivity contribution < 1.29 is 9.59 Å². The maximum absolute atomic E-state index is 11.7. The molecule has 1 atom stereocenters. The van der Waals surface area contributed by atoms with Crippen LogP contribution in [-0.4, -0.2) is 36.3 Å². The van der Waals surface area contributed by atoms with E-state index in [1.165, 1.54) is 4.90 Å². The van der Waals surface area contributed by atoms with Crippen molar-refractivity contribution >= 4 is 11.8 Å². The van der Waals surface area contributed by atoms with Crippen LogP contribution in [0.3, 0.4) is 0 Å². The lowest BCUT2D eigenvalue weighted by molar-refractivity contribution is -0.149. The van der Waals surface area contributed by atoms with Gasteiger partial charge in [-0.3, -0.25) is 14.5 Å². The van der Waals surface area contributed by atoms with E-state index in [-0.39, 0.29) is 17.7 Å². The summed E-state index contributed by atoms with van der Waals surface area (Å²) in [6.07, 6.45) is 4.03.